The fourth-order valence-electron chi connectivity index (χ4n) is 1.84. The molecule has 0 fully saturated rings. The van der Waals surface area contributed by atoms with Crippen molar-refractivity contribution in [1.29, 1.82) is 0 Å². The third kappa shape index (κ3) is 3.81. The molecule has 0 heterocycles. The van der Waals surface area contributed by atoms with Crippen LogP contribution >= 0.6 is 0 Å². The smallest absolute Gasteiger partial charge is 0.263 e. The minimum absolute atomic E-state index is 0.0304. The topological polar surface area (TPSA) is 12.0 Å². The molecule has 2 aromatic rings. The standard InChI is InChI=1S/C15H13F4N/c16-13-5-4-11(7-14(13)17)9-20-8-10-2-1-3-12(6-10)15(18)19/h1-7,15,20H,8-9H2. The van der Waals surface area contributed by atoms with Crippen molar-refractivity contribution in [2.24, 2.45) is 0 Å². The molecule has 0 aliphatic rings. The highest BCUT2D eigenvalue weighted by Crippen LogP contribution is 2.19. The molecule has 0 aliphatic carbocycles. The number of hydrogen-bond donors (Lipinski definition) is 1. The van der Waals surface area contributed by atoms with E-state index in [2.05, 4.69) is 5.32 Å². The van der Waals surface area contributed by atoms with Crippen LogP contribution in [0.4, 0.5) is 17.6 Å². The van der Waals surface area contributed by atoms with E-state index in [0.717, 1.165) is 12.1 Å². The van der Waals surface area contributed by atoms with Crippen LogP contribution in [0.15, 0.2) is 42.5 Å². The quantitative estimate of drug-likeness (QED) is 0.811. The third-order valence-electron chi connectivity index (χ3n) is 2.85. The zero-order valence-corrected chi connectivity index (χ0v) is 10.5. The van der Waals surface area contributed by atoms with E-state index in [1.807, 2.05) is 0 Å². The Morgan fingerprint density at radius 1 is 0.850 bits per heavy atom. The summed E-state index contributed by atoms with van der Waals surface area (Å²) >= 11 is 0. The van der Waals surface area contributed by atoms with E-state index in [1.165, 1.54) is 18.2 Å². The highest BCUT2D eigenvalue weighted by atomic mass is 19.3. The van der Waals surface area contributed by atoms with E-state index >= 15 is 0 Å². The van der Waals surface area contributed by atoms with Crippen molar-refractivity contribution in [2.45, 2.75) is 19.5 Å². The van der Waals surface area contributed by atoms with Crippen molar-refractivity contribution in [1.82, 2.24) is 5.32 Å². The second-order valence-electron chi connectivity index (χ2n) is 4.40. The molecule has 2 aromatic carbocycles. The molecule has 0 radical (unpaired) electrons. The number of nitrogens with one attached hydrogen (secondary N) is 1. The molecule has 0 saturated carbocycles. The van der Waals surface area contributed by atoms with Gasteiger partial charge in [-0.3, -0.25) is 0 Å². The Labute approximate surface area is 114 Å². The summed E-state index contributed by atoms with van der Waals surface area (Å²) in [5, 5.41) is 3.00. The molecule has 106 valence electrons. The monoisotopic (exact) mass is 283 g/mol. The van der Waals surface area contributed by atoms with E-state index < -0.39 is 18.1 Å². The van der Waals surface area contributed by atoms with Gasteiger partial charge in [-0.25, -0.2) is 17.6 Å². The molecule has 0 amide bonds. The van der Waals surface area contributed by atoms with E-state index in [4.69, 9.17) is 0 Å². The first-order valence-electron chi connectivity index (χ1n) is 6.08. The maximum absolute atomic E-state index is 13.0. The van der Waals surface area contributed by atoms with Crippen molar-refractivity contribution in [3.05, 3.63) is 70.8 Å². The molecule has 1 nitrogen and oxygen atoms in total. The Kier molecular flexibility index (Phi) is 4.74. The molecule has 0 saturated heterocycles. The van der Waals surface area contributed by atoms with Crippen LogP contribution in [0.2, 0.25) is 0 Å². The number of benzene rings is 2. The molecule has 0 aromatic heterocycles. The van der Waals surface area contributed by atoms with Gasteiger partial charge in [0.05, 0.1) is 0 Å². The SMILES string of the molecule is Fc1ccc(CNCc2cccc(C(F)F)c2)cc1F. The van der Waals surface area contributed by atoms with E-state index in [9.17, 15) is 17.6 Å². The first-order valence-corrected chi connectivity index (χ1v) is 6.08. The molecule has 0 aliphatic heterocycles. The molecular weight excluding hydrogens is 270 g/mol. The Bertz CT molecular complexity index is 584. The molecule has 2 rings (SSSR count). The number of alkyl halides is 2. The molecular formula is C15H13F4N. The zero-order valence-electron chi connectivity index (χ0n) is 10.5. The summed E-state index contributed by atoms with van der Waals surface area (Å²) < 4.78 is 50.8. The minimum Gasteiger partial charge on any atom is -0.309 e. The highest BCUT2D eigenvalue weighted by molar-refractivity contribution is 5.24. The van der Waals surface area contributed by atoms with Crippen molar-refractivity contribution >= 4 is 0 Å². The minimum atomic E-state index is -2.50. The van der Waals surface area contributed by atoms with Gasteiger partial charge in [0.15, 0.2) is 11.6 Å². The number of hydrogen-bond acceptors (Lipinski definition) is 1. The molecule has 0 atom stereocenters. The Hall–Kier alpha value is -1.88. The largest absolute Gasteiger partial charge is 0.309 e. The van der Waals surface area contributed by atoms with Gasteiger partial charge in [-0.1, -0.05) is 24.3 Å². The van der Waals surface area contributed by atoms with E-state index in [1.54, 1.807) is 12.1 Å². The van der Waals surface area contributed by atoms with Gasteiger partial charge in [0.25, 0.3) is 6.43 Å². The maximum atomic E-state index is 13.0. The Balaban J connectivity index is 1.92. The maximum Gasteiger partial charge on any atom is 0.263 e. The van der Waals surface area contributed by atoms with Crippen LogP contribution in [-0.4, -0.2) is 0 Å². The molecule has 1 N–H and O–H groups in total. The molecule has 0 bridgehead atoms. The van der Waals surface area contributed by atoms with Crippen LogP contribution in [0.3, 0.4) is 0 Å². The van der Waals surface area contributed by atoms with Gasteiger partial charge in [-0.05, 0) is 29.3 Å². The average Bonchev–Trinajstić information content (AvgIpc) is 2.43. The second kappa shape index (κ2) is 6.52. The van der Waals surface area contributed by atoms with Crippen molar-refractivity contribution in [2.75, 3.05) is 0 Å². The lowest BCUT2D eigenvalue weighted by atomic mass is 10.1. The third-order valence-corrected chi connectivity index (χ3v) is 2.85. The van der Waals surface area contributed by atoms with Gasteiger partial charge in [-0.2, -0.15) is 0 Å². The predicted octanol–water partition coefficient (Wildman–Crippen LogP) is 4.19. The summed E-state index contributed by atoms with van der Waals surface area (Å²) in [7, 11) is 0. The number of halogens is 4. The molecule has 0 unspecified atom stereocenters. The van der Waals surface area contributed by atoms with Gasteiger partial charge in [0.2, 0.25) is 0 Å². The van der Waals surface area contributed by atoms with Crippen LogP contribution in [-0.2, 0) is 13.1 Å². The Morgan fingerprint density at radius 2 is 1.55 bits per heavy atom. The van der Waals surface area contributed by atoms with Crippen LogP contribution in [0.25, 0.3) is 0 Å². The highest BCUT2D eigenvalue weighted by Gasteiger charge is 2.07. The fraction of sp³-hybridized carbons (Fsp3) is 0.200. The van der Waals surface area contributed by atoms with E-state index in [0.29, 0.717) is 24.2 Å². The van der Waals surface area contributed by atoms with Crippen LogP contribution < -0.4 is 5.32 Å². The van der Waals surface area contributed by atoms with Gasteiger partial charge >= 0.3 is 0 Å². The summed E-state index contributed by atoms with van der Waals surface area (Å²) in [5.74, 6) is -1.79. The van der Waals surface area contributed by atoms with Crippen LogP contribution in [0.1, 0.15) is 23.1 Å². The number of rotatable bonds is 5. The summed E-state index contributed by atoms with van der Waals surface area (Å²) in [4.78, 5) is 0. The summed E-state index contributed by atoms with van der Waals surface area (Å²) in [6.45, 7) is 0.704. The lowest BCUT2D eigenvalue weighted by Gasteiger charge is -2.07. The summed E-state index contributed by atoms with van der Waals surface area (Å²) in [5.41, 5.74) is 1.27. The van der Waals surface area contributed by atoms with Gasteiger partial charge < -0.3 is 5.32 Å². The van der Waals surface area contributed by atoms with Crippen LogP contribution in [0, 0.1) is 11.6 Å². The molecule has 5 heteroatoms. The zero-order chi connectivity index (χ0) is 14.5. The average molecular weight is 283 g/mol. The lowest BCUT2D eigenvalue weighted by molar-refractivity contribution is 0.151. The lowest BCUT2D eigenvalue weighted by Crippen LogP contribution is -2.13. The van der Waals surface area contributed by atoms with Gasteiger partial charge in [-0.15, -0.1) is 0 Å². The van der Waals surface area contributed by atoms with Crippen molar-refractivity contribution < 1.29 is 17.6 Å². The van der Waals surface area contributed by atoms with Gasteiger partial charge in [0.1, 0.15) is 0 Å². The first-order chi connectivity index (χ1) is 9.56. The van der Waals surface area contributed by atoms with Crippen molar-refractivity contribution in [3.8, 4) is 0 Å². The first kappa shape index (κ1) is 14.5. The summed E-state index contributed by atoms with van der Waals surface area (Å²) in [6.07, 6.45) is -2.50. The van der Waals surface area contributed by atoms with Gasteiger partial charge in [0, 0.05) is 18.7 Å². The summed E-state index contributed by atoms with van der Waals surface area (Å²) in [6, 6.07) is 9.72. The normalized spacial score (nSPS) is 11.1. The predicted molar refractivity (Wildman–Crippen MR) is 68.3 cm³/mol. The fourth-order valence-corrected chi connectivity index (χ4v) is 1.84. The Morgan fingerprint density at radius 3 is 2.20 bits per heavy atom. The van der Waals surface area contributed by atoms with Crippen LogP contribution in [0.5, 0.6) is 0 Å². The van der Waals surface area contributed by atoms with E-state index in [-0.39, 0.29) is 5.56 Å². The van der Waals surface area contributed by atoms with Crippen molar-refractivity contribution in [3.63, 3.8) is 0 Å². The molecule has 0 spiro atoms. The second-order valence-corrected chi connectivity index (χ2v) is 4.40. The molecule has 20 heavy (non-hydrogen) atoms.